The average molecular weight is 298 g/mol. The van der Waals surface area contributed by atoms with E-state index in [9.17, 15) is 4.79 Å². The van der Waals surface area contributed by atoms with Crippen molar-refractivity contribution < 1.29 is 9.53 Å². The maximum Gasteiger partial charge on any atom is 0.337 e. The van der Waals surface area contributed by atoms with Crippen molar-refractivity contribution in [2.24, 2.45) is 0 Å². The van der Waals surface area contributed by atoms with E-state index in [2.05, 4.69) is 36.0 Å². The molecule has 0 bridgehead atoms. The lowest BCUT2D eigenvalue weighted by Crippen LogP contribution is -2.11. The Morgan fingerprint density at radius 3 is 2.68 bits per heavy atom. The fraction of sp³-hybridized carbons (Fsp3) is 0.312. The summed E-state index contributed by atoms with van der Waals surface area (Å²) in [6.07, 6.45) is 1.70. The van der Waals surface area contributed by atoms with Crippen molar-refractivity contribution >= 4 is 17.0 Å². The number of aromatic nitrogens is 4. The summed E-state index contributed by atoms with van der Waals surface area (Å²) >= 11 is 0. The van der Waals surface area contributed by atoms with Crippen LogP contribution in [0.4, 0.5) is 0 Å². The van der Waals surface area contributed by atoms with Crippen LogP contribution in [-0.4, -0.2) is 32.8 Å². The number of carbonyl (C=O) groups excluding carboxylic acids is 1. The number of imidazole rings is 1. The van der Waals surface area contributed by atoms with Gasteiger partial charge in [-0.3, -0.25) is 9.67 Å². The molecule has 6 nitrogen and oxygen atoms in total. The highest BCUT2D eigenvalue weighted by Crippen LogP contribution is 2.24. The second-order valence-corrected chi connectivity index (χ2v) is 6.20. The normalized spacial score (nSPS) is 11.8. The number of esters is 1. The van der Waals surface area contributed by atoms with Gasteiger partial charge in [0.05, 0.1) is 23.7 Å². The zero-order valence-electron chi connectivity index (χ0n) is 13.0. The molecule has 0 amide bonds. The van der Waals surface area contributed by atoms with Gasteiger partial charge in [-0.05, 0) is 18.2 Å². The third-order valence-corrected chi connectivity index (χ3v) is 3.59. The van der Waals surface area contributed by atoms with E-state index in [4.69, 9.17) is 4.74 Å². The molecule has 114 valence electrons. The topological polar surface area (TPSA) is 72.8 Å². The monoisotopic (exact) mass is 298 g/mol. The maximum absolute atomic E-state index is 11.6. The van der Waals surface area contributed by atoms with Gasteiger partial charge in [-0.1, -0.05) is 20.8 Å². The van der Waals surface area contributed by atoms with E-state index in [0.29, 0.717) is 5.56 Å². The van der Waals surface area contributed by atoms with E-state index in [1.807, 2.05) is 16.7 Å². The number of nitrogens with one attached hydrogen (secondary N) is 1. The van der Waals surface area contributed by atoms with E-state index in [1.165, 1.54) is 7.11 Å². The Morgan fingerprint density at radius 1 is 1.27 bits per heavy atom. The molecule has 0 fully saturated rings. The lowest BCUT2D eigenvalue weighted by atomic mass is 9.92. The highest BCUT2D eigenvalue weighted by molar-refractivity contribution is 5.93. The molecule has 1 N–H and O–H groups in total. The van der Waals surface area contributed by atoms with Crippen LogP contribution in [0.2, 0.25) is 0 Å². The van der Waals surface area contributed by atoms with Gasteiger partial charge >= 0.3 is 5.97 Å². The molecule has 0 aliphatic rings. The SMILES string of the molecule is COC(=O)c1ccc2c(c1)ncn2-c1cc(C(C)(C)C)[nH]n1. The predicted octanol–water partition coefficient (Wildman–Crippen LogP) is 2.83. The number of hydrogen-bond acceptors (Lipinski definition) is 4. The lowest BCUT2D eigenvalue weighted by molar-refractivity contribution is 0.0601. The summed E-state index contributed by atoms with van der Waals surface area (Å²) in [7, 11) is 1.36. The van der Waals surface area contributed by atoms with Gasteiger partial charge < -0.3 is 4.74 Å². The Kier molecular flexibility index (Phi) is 3.24. The van der Waals surface area contributed by atoms with Gasteiger partial charge in [0, 0.05) is 17.2 Å². The Hall–Kier alpha value is -2.63. The van der Waals surface area contributed by atoms with E-state index in [-0.39, 0.29) is 11.4 Å². The number of nitrogens with zero attached hydrogens (tertiary/aromatic N) is 3. The summed E-state index contributed by atoms with van der Waals surface area (Å²) < 4.78 is 6.62. The maximum atomic E-state index is 11.6. The van der Waals surface area contributed by atoms with Crippen LogP contribution in [0.1, 0.15) is 36.8 Å². The van der Waals surface area contributed by atoms with Crippen LogP contribution >= 0.6 is 0 Å². The first-order valence-corrected chi connectivity index (χ1v) is 7.02. The third kappa shape index (κ3) is 2.36. The van der Waals surface area contributed by atoms with Gasteiger partial charge in [0.25, 0.3) is 0 Å². The van der Waals surface area contributed by atoms with Crippen LogP contribution in [0.3, 0.4) is 0 Å². The molecule has 0 spiro atoms. The van der Waals surface area contributed by atoms with Gasteiger partial charge in [0.1, 0.15) is 6.33 Å². The summed E-state index contributed by atoms with van der Waals surface area (Å²) in [6.45, 7) is 6.37. The molecule has 0 aliphatic heterocycles. The first-order chi connectivity index (χ1) is 10.4. The second-order valence-electron chi connectivity index (χ2n) is 6.20. The van der Waals surface area contributed by atoms with Crippen molar-refractivity contribution in [1.29, 1.82) is 0 Å². The van der Waals surface area contributed by atoms with E-state index < -0.39 is 0 Å². The molecule has 0 saturated heterocycles. The fourth-order valence-corrected chi connectivity index (χ4v) is 2.26. The van der Waals surface area contributed by atoms with E-state index in [0.717, 1.165) is 22.5 Å². The molecule has 0 saturated carbocycles. The molecule has 0 unspecified atom stereocenters. The van der Waals surface area contributed by atoms with Crippen molar-refractivity contribution in [3.05, 3.63) is 41.9 Å². The second kappa shape index (κ2) is 4.98. The number of carbonyl (C=O) groups is 1. The van der Waals surface area contributed by atoms with E-state index >= 15 is 0 Å². The molecule has 0 aliphatic carbocycles. The van der Waals surface area contributed by atoms with Crippen molar-refractivity contribution in [3.63, 3.8) is 0 Å². The van der Waals surface area contributed by atoms with Crippen LogP contribution in [0.5, 0.6) is 0 Å². The van der Waals surface area contributed by atoms with Gasteiger partial charge in [0.2, 0.25) is 0 Å². The molecule has 6 heteroatoms. The summed E-state index contributed by atoms with van der Waals surface area (Å²) in [5, 5.41) is 7.42. The lowest BCUT2D eigenvalue weighted by Gasteiger charge is -2.14. The van der Waals surface area contributed by atoms with Crippen LogP contribution in [0, 0.1) is 0 Å². The van der Waals surface area contributed by atoms with Crippen molar-refractivity contribution in [2.45, 2.75) is 26.2 Å². The first kappa shape index (κ1) is 14.3. The molecule has 22 heavy (non-hydrogen) atoms. The van der Waals surface area contributed by atoms with Crippen LogP contribution in [0.15, 0.2) is 30.6 Å². The van der Waals surface area contributed by atoms with Crippen LogP contribution in [0.25, 0.3) is 16.9 Å². The number of H-pyrrole nitrogens is 1. The summed E-state index contributed by atoms with van der Waals surface area (Å²) in [4.78, 5) is 15.9. The molecule has 3 aromatic rings. The highest BCUT2D eigenvalue weighted by atomic mass is 16.5. The van der Waals surface area contributed by atoms with Crippen molar-refractivity contribution in [1.82, 2.24) is 19.7 Å². The number of aromatic amines is 1. The molecule has 0 atom stereocenters. The van der Waals surface area contributed by atoms with E-state index in [1.54, 1.807) is 18.5 Å². The number of rotatable bonds is 2. The molecular formula is C16H18N4O2. The van der Waals surface area contributed by atoms with Crippen LogP contribution in [-0.2, 0) is 10.2 Å². The number of ether oxygens (including phenoxy) is 1. The molecule has 2 aromatic heterocycles. The Balaban J connectivity index is 2.05. The smallest absolute Gasteiger partial charge is 0.337 e. The minimum atomic E-state index is -0.369. The van der Waals surface area contributed by atoms with Gasteiger partial charge in [-0.15, -0.1) is 0 Å². The Bertz CT molecular complexity index is 839. The summed E-state index contributed by atoms with van der Waals surface area (Å²) in [5.74, 6) is 0.407. The fourth-order valence-electron chi connectivity index (χ4n) is 2.26. The highest BCUT2D eigenvalue weighted by Gasteiger charge is 2.18. The third-order valence-electron chi connectivity index (χ3n) is 3.59. The van der Waals surface area contributed by atoms with Gasteiger partial charge in [-0.25, -0.2) is 9.78 Å². The van der Waals surface area contributed by atoms with Crippen molar-refractivity contribution in [2.75, 3.05) is 7.11 Å². The first-order valence-electron chi connectivity index (χ1n) is 7.02. The average Bonchev–Trinajstić information content (AvgIpc) is 3.11. The zero-order chi connectivity index (χ0) is 15.9. The minimum Gasteiger partial charge on any atom is -0.465 e. The summed E-state index contributed by atoms with van der Waals surface area (Å²) in [6, 6.07) is 7.30. The Labute approximate surface area is 128 Å². The summed E-state index contributed by atoms with van der Waals surface area (Å²) in [5.41, 5.74) is 3.15. The molecule has 1 aromatic carbocycles. The number of methoxy groups -OCH3 is 1. The molecule has 2 heterocycles. The standard InChI is InChI=1S/C16H18N4O2/c1-16(2,3)13-8-14(19-18-13)20-9-17-11-7-10(15(21)22-4)5-6-12(11)20/h5-9H,1-4H3,(H,18,19). The Morgan fingerprint density at radius 2 is 2.05 bits per heavy atom. The number of fused-ring (bicyclic) bond motifs is 1. The van der Waals surface area contributed by atoms with Crippen LogP contribution < -0.4 is 0 Å². The largest absolute Gasteiger partial charge is 0.465 e. The predicted molar refractivity (Wildman–Crippen MR) is 83.3 cm³/mol. The number of hydrogen-bond donors (Lipinski definition) is 1. The number of benzene rings is 1. The quantitative estimate of drug-likeness (QED) is 0.738. The van der Waals surface area contributed by atoms with Crippen molar-refractivity contribution in [3.8, 4) is 5.82 Å². The molecule has 3 rings (SSSR count). The van der Waals surface area contributed by atoms with Gasteiger partial charge in [-0.2, -0.15) is 5.10 Å². The molecule has 0 radical (unpaired) electrons. The zero-order valence-corrected chi connectivity index (χ0v) is 13.0. The molecular weight excluding hydrogens is 280 g/mol. The minimum absolute atomic E-state index is 0.000309. The van der Waals surface area contributed by atoms with Gasteiger partial charge in [0.15, 0.2) is 5.82 Å².